The van der Waals surface area contributed by atoms with Gasteiger partial charge in [-0.3, -0.25) is 9.69 Å². The van der Waals surface area contributed by atoms with Gasteiger partial charge in [0.15, 0.2) is 0 Å². The molecule has 2 amide bonds. The summed E-state index contributed by atoms with van der Waals surface area (Å²) < 4.78 is 5.38. The van der Waals surface area contributed by atoms with Gasteiger partial charge >= 0.3 is 6.09 Å². The molecule has 1 aliphatic rings. The number of carbonyl (C=O) groups is 2. The van der Waals surface area contributed by atoms with E-state index in [4.69, 9.17) is 4.74 Å². The van der Waals surface area contributed by atoms with Gasteiger partial charge in [-0.05, 0) is 42.5 Å². The quantitative estimate of drug-likeness (QED) is 0.885. The second-order valence-electron chi connectivity index (χ2n) is 6.43. The van der Waals surface area contributed by atoms with Crippen molar-refractivity contribution in [1.29, 1.82) is 0 Å². The summed E-state index contributed by atoms with van der Waals surface area (Å²) in [6, 6.07) is 16.8. The molecule has 0 spiro atoms. The van der Waals surface area contributed by atoms with Crippen LogP contribution in [0.2, 0.25) is 0 Å². The normalized spacial score (nSPS) is 16.3. The molecule has 1 aliphatic heterocycles. The maximum atomic E-state index is 12.6. The molecular weight excluding hydrogens is 328 g/mol. The van der Waals surface area contributed by atoms with E-state index < -0.39 is 12.1 Å². The van der Waals surface area contributed by atoms with Crippen molar-refractivity contribution in [2.24, 2.45) is 0 Å². The molecule has 5 nitrogen and oxygen atoms in total. The first-order chi connectivity index (χ1) is 12.7. The second-order valence-corrected chi connectivity index (χ2v) is 6.43. The molecule has 5 heteroatoms. The first-order valence-electron chi connectivity index (χ1n) is 9.04. The second kappa shape index (κ2) is 8.52. The molecule has 0 bridgehead atoms. The van der Waals surface area contributed by atoms with Crippen molar-refractivity contribution in [3.8, 4) is 0 Å². The SMILES string of the molecule is CCc1ccc(NC(=O)C2CCCN2C(=O)OCc2ccccc2)cc1. The van der Waals surface area contributed by atoms with Gasteiger partial charge in [0.2, 0.25) is 5.91 Å². The number of hydrogen-bond donors (Lipinski definition) is 1. The summed E-state index contributed by atoms with van der Waals surface area (Å²) in [5, 5.41) is 2.91. The highest BCUT2D eigenvalue weighted by molar-refractivity contribution is 5.96. The van der Waals surface area contributed by atoms with E-state index in [1.807, 2.05) is 54.6 Å². The van der Waals surface area contributed by atoms with Gasteiger partial charge in [-0.25, -0.2) is 4.79 Å². The third-order valence-electron chi connectivity index (χ3n) is 4.62. The van der Waals surface area contributed by atoms with E-state index in [1.54, 1.807) is 0 Å². The lowest BCUT2D eigenvalue weighted by Gasteiger charge is -2.23. The van der Waals surface area contributed by atoms with Gasteiger partial charge in [-0.15, -0.1) is 0 Å². The van der Waals surface area contributed by atoms with Crippen molar-refractivity contribution in [3.05, 3.63) is 65.7 Å². The van der Waals surface area contributed by atoms with Crippen LogP contribution in [0.3, 0.4) is 0 Å². The number of benzene rings is 2. The summed E-state index contributed by atoms with van der Waals surface area (Å²) in [4.78, 5) is 26.5. The lowest BCUT2D eigenvalue weighted by Crippen LogP contribution is -2.43. The van der Waals surface area contributed by atoms with Gasteiger partial charge < -0.3 is 10.1 Å². The summed E-state index contributed by atoms with van der Waals surface area (Å²) in [7, 11) is 0. The minimum atomic E-state index is -0.482. The summed E-state index contributed by atoms with van der Waals surface area (Å²) in [5.41, 5.74) is 2.89. The smallest absolute Gasteiger partial charge is 0.410 e. The highest BCUT2D eigenvalue weighted by Crippen LogP contribution is 2.21. The molecule has 0 aliphatic carbocycles. The molecule has 136 valence electrons. The Balaban J connectivity index is 1.57. The highest BCUT2D eigenvalue weighted by Gasteiger charge is 2.35. The van der Waals surface area contributed by atoms with Crippen LogP contribution in [-0.4, -0.2) is 29.5 Å². The number of hydrogen-bond acceptors (Lipinski definition) is 3. The van der Waals surface area contributed by atoms with Gasteiger partial charge in [-0.1, -0.05) is 49.4 Å². The maximum Gasteiger partial charge on any atom is 0.410 e. The zero-order valence-corrected chi connectivity index (χ0v) is 15.0. The standard InChI is InChI=1S/C21H24N2O3/c1-2-16-10-12-18(13-11-16)22-20(24)19-9-6-14-23(19)21(25)26-15-17-7-4-3-5-8-17/h3-5,7-8,10-13,19H,2,6,9,14-15H2,1H3,(H,22,24). The lowest BCUT2D eigenvalue weighted by molar-refractivity contribution is -0.120. The van der Waals surface area contributed by atoms with Crippen LogP contribution in [0.1, 0.15) is 30.9 Å². The number of likely N-dealkylation sites (tertiary alicyclic amines) is 1. The van der Waals surface area contributed by atoms with Crippen LogP contribution in [0.25, 0.3) is 0 Å². The Labute approximate surface area is 154 Å². The molecule has 3 rings (SSSR count). The van der Waals surface area contributed by atoms with Crippen molar-refractivity contribution < 1.29 is 14.3 Å². The average Bonchev–Trinajstić information content (AvgIpc) is 3.17. The summed E-state index contributed by atoms with van der Waals surface area (Å²) >= 11 is 0. The predicted molar refractivity (Wildman–Crippen MR) is 101 cm³/mol. The van der Waals surface area contributed by atoms with Crippen molar-refractivity contribution in [2.75, 3.05) is 11.9 Å². The van der Waals surface area contributed by atoms with E-state index in [-0.39, 0.29) is 12.5 Å². The number of carbonyl (C=O) groups excluding carboxylic acids is 2. The molecule has 26 heavy (non-hydrogen) atoms. The summed E-state index contributed by atoms with van der Waals surface area (Å²) in [6.45, 7) is 2.84. The first-order valence-corrected chi connectivity index (χ1v) is 9.04. The molecule has 1 atom stereocenters. The van der Waals surface area contributed by atoms with E-state index in [0.29, 0.717) is 13.0 Å². The predicted octanol–water partition coefficient (Wildman–Crippen LogP) is 3.99. The molecule has 1 unspecified atom stereocenters. The van der Waals surface area contributed by atoms with E-state index in [0.717, 1.165) is 24.1 Å². The zero-order chi connectivity index (χ0) is 18.4. The highest BCUT2D eigenvalue weighted by atomic mass is 16.6. The fourth-order valence-corrected chi connectivity index (χ4v) is 3.11. The Morgan fingerprint density at radius 2 is 1.81 bits per heavy atom. The number of ether oxygens (including phenoxy) is 1. The van der Waals surface area contributed by atoms with Gasteiger partial charge in [0, 0.05) is 12.2 Å². The third-order valence-corrected chi connectivity index (χ3v) is 4.62. The zero-order valence-electron chi connectivity index (χ0n) is 15.0. The minimum absolute atomic E-state index is 0.164. The van der Waals surface area contributed by atoms with Crippen LogP contribution >= 0.6 is 0 Å². The number of rotatable bonds is 5. The van der Waals surface area contributed by atoms with Crippen LogP contribution in [0, 0.1) is 0 Å². The van der Waals surface area contributed by atoms with Crippen molar-refractivity contribution in [3.63, 3.8) is 0 Å². The van der Waals surface area contributed by atoms with Crippen molar-refractivity contribution >= 4 is 17.7 Å². The number of aryl methyl sites for hydroxylation is 1. The Morgan fingerprint density at radius 1 is 1.08 bits per heavy atom. The molecule has 1 saturated heterocycles. The third kappa shape index (κ3) is 4.42. The maximum absolute atomic E-state index is 12.6. The van der Waals surface area contributed by atoms with Crippen molar-refractivity contribution in [2.45, 2.75) is 38.8 Å². The van der Waals surface area contributed by atoms with E-state index >= 15 is 0 Å². The van der Waals surface area contributed by atoms with Gasteiger partial charge in [0.05, 0.1) is 0 Å². The first kappa shape index (κ1) is 18.0. The molecule has 2 aromatic carbocycles. The Hall–Kier alpha value is -2.82. The van der Waals surface area contributed by atoms with Crippen LogP contribution in [0.5, 0.6) is 0 Å². The summed E-state index contributed by atoms with van der Waals surface area (Å²) in [5.74, 6) is -0.164. The van der Waals surface area contributed by atoms with Crippen LogP contribution in [0.15, 0.2) is 54.6 Å². The molecule has 0 aromatic heterocycles. The largest absolute Gasteiger partial charge is 0.445 e. The molecule has 1 heterocycles. The number of amides is 2. The topological polar surface area (TPSA) is 58.6 Å². The van der Waals surface area contributed by atoms with Gasteiger partial charge in [-0.2, -0.15) is 0 Å². The molecular formula is C21H24N2O3. The Morgan fingerprint density at radius 3 is 2.50 bits per heavy atom. The van der Waals surface area contributed by atoms with Crippen LogP contribution in [-0.2, 0) is 22.6 Å². The number of nitrogens with one attached hydrogen (secondary N) is 1. The molecule has 1 fully saturated rings. The van der Waals surface area contributed by atoms with Crippen LogP contribution in [0.4, 0.5) is 10.5 Å². The molecule has 2 aromatic rings. The molecule has 1 N–H and O–H groups in total. The van der Waals surface area contributed by atoms with Gasteiger partial charge in [0.1, 0.15) is 12.6 Å². The number of anilines is 1. The van der Waals surface area contributed by atoms with Gasteiger partial charge in [0.25, 0.3) is 0 Å². The monoisotopic (exact) mass is 352 g/mol. The fraction of sp³-hybridized carbons (Fsp3) is 0.333. The Bertz CT molecular complexity index is 744. The average molecular weight is 352 g/mol. The Kier molecular flexibility index (Phi) is 5.89. The fourth-order valence-electron chi connectivity index (χ4n) is 3.11. The van der Waals surface area contributed by atoms with E-state index in [1.165, 1.54) is 10.5 Å². The number of nitrogens with zero attached hydrogens (tertiary/aromatic N) is 1. The van der Waals surface area contributed by atoms with Crippen molar-refractivity contribution in [1.82, 2.24) is 4.90 Å². The molecule has 0 radical (unpaired) electrons. The lowest BCUT2D eigenvalue weighted by atomic mass is 10.1. The molecule has 0 saturated carbocycles. The minimum Gasteiger partial charge on any atom is -0.445 e. The summed E-state index contributed by atoms with van der Waals surface area (Å²) in [6.07, 6.45) is 1.97. The van der Waals surface area contributed by atoms with E-state index in [9.17, 15) is 9.59 Å². The van der Waals surface area contributed by atoms with E-state index in [2.05, 4.69) is 12.2 Å². The van der Waals surface area contributed by atoms with Crippen LogP contribution < -0.4 is 5.32 Å².